The molecule has 2 nitrogen and oxygen atoms in total. The van der Waals surface area contributed by atoms with E-state index < -0.39 is 0 Å². The lowest BCUT2D eigenvalue weighted by Crippen LogP contribution is -2.34. The molecule has 0 aromatic heterocycles. The summed E-state index contributed by atoms with van der Waals surface area (Å²) in [5.41, 5.74) is 9.78. The minimum atomic E-state index is 0.735. The molecule has 1 saturated heterocycles. The fraction of sp³-hybridized carbons (Fsp3) is 0.600. The molecule has 1 fully saturated rings. The monoisotopic (exact) mass is 264 g/mol. The van der Waals surface area contributed by atoms with Gasteiger partial charge in [-0.1, -0.05) is 6.07 Å². The number of anilines is 1. The number of hydrogen-bond acceptors (Lipinski definition) is 3. The van der Waals surface area contributed by atoms with Crippen LogP contribution in [0.3, 0.4) is 0 Å². The van der Waals surface area contributed by atoms with E-state index >= 15 is 0 Å². The molecule has 1 aromatic rings. The number of nitrogens with zero attached hydrogens (tertiary/aromatic N) is 1. The maximum Gasteiger partial charge on any atom is 0.0369 e. The van der Waals surface area contributed by atoms with E-state index in [-0.39, 0.29) is 0 Å². The molecule has 18 heavy (non-hydrogen) atoms. The highest BCUT2D eigenvalue weighted by Crippen LogP contribution is 2.26. The van der Waals surface area contributed by atoms with E-state index in [0.717, 1.165) is 18.2 Å². The van der Waals surface area contributed by atoms with Gasteiger partial charge in [-0.25, -0.2) is 0 Å². The minimum Gasteiger partial charge on any atom is -0.371 e. The zero-order valence-corrected chi connectivity index (χ0v) is 12.3. The van der Waals surface area contributed by atoms with Crippen LogP contribution in [-0.4, -0.2) is 31.1 Å². The Labute approximate surface area is 115 Å². The smallest absolute Gasteiger partial charge is 0.0369 e. The Bertz CT molecular complexity index is 384. The van der Waals surface area contributed by atoms with Gasteiger partial charge in [-0.05, 0) is 62.2 Å². The first-order valence-corrected chi connectivity index (χ1v) is 8.10. The number of piperidine rings is 1. The van der Waals surface area contributed by atoms with Crippen LogP contribution in [0.5, 0.6) is 0 Å². The van der Waals surface area contributed by atoms with Crippen LogP contribution in [0, 0.1) is 6.92 Å². The summed E-state index contributed by atoms with van der Waals surface area (Å²) in [4.78, 5) is 2.52. The first kappa shape index (κ1) is 13.8. The maximum absolute atomic E-state index is 5.63. The van der Waals surface area contributed by atoms with Crippen LogP contribution < -0.4 is 10.6 Å². The minimum absolute atomic E-state index is 0.735. The van der Waals surface area contributed by atoms with Gasteiger partial charge in [-0.2, -0.15) is 11.8 Å². The van der Waals surface area contributed by atoms with Crippen molar-refractivity contribution in [2.75, 3.05) is 30.8 Å². The number of benzene rings is 1. The summed E-state index contributed by atoms with van der Waals surface area (Å²) in [6.07, 6.45) is 5.84. The lowest BCUT2D eigenvalue weighted by Gasteiger charge is -2.33. The van der Waals surface area contributed by atoms with Crippen molar-refractivity contribution in [2.24, 2.45) is 5.73 Å². The van der Waals surface area contributed by atoms with E-state index in [0.29, 0.717) is 0 Å². The average Bonchev–Trinajstić information content (AvgIpc) is 2.41. The molecule has 1 heterocycles. The Hall–Kier alpha value is -0.670. The summed E-state index contributed by atoms with van der Waals surface area (Å²) in [5.74, 6) is 0. The molecule has 2 rings (SSSR count). The summed E-state index contributed by atoms with van der Waals surface area (Å²) in [6.45, 7) is 5.32. The molecule has 0 aliphatic carbocycles. The summed E-state index contributed by atoms with van der Waals surface area (Å²) in [7, 11) is 0. The molecule has 0 atom stereocenters. The van der Waals surface area contributed by atoms with Crippen molar-refractivity contribution in [3.05, 3.63) is 29.3 Å². The summed E-state index contributed by atoms with van der Waals surface area (Å²) in [6, 6.07) is 6.83. The fourth-order valence-corrected chi connectivity index (χ4v) is 3.34. The van der Waals surface area contributed by atoms with E-state index in [1.165, 1.54) is 42.7 Å². The maximum atomic E-state index is 5.63. The third kappa shape index (κ3) is 3.21. The first-order chi connectivity index (χ1) is 8.74. The molecule has 3 heteroatoms. The molecule has 0 spiro atoms. The topological polar surface area (TPSA) is 29.3 Å². The number of aryl methyl sites for hydroxylation is 1. The Morgan fingerprint density at radius 2 is 2.06 bits per heavy atom. The number of thioether (sulfide) groups is 1. The van der Waals surface area contributed by atoms with Gasteiger partial charge in [0.25, 0.3) is 0 Å². The highest BCUT2D eigenvalue weighted by atomic mass is 32.2. The number of nitrogens with two attached hydrogens (primary N) is 1. The van der Waals surface area contributed by atoms with Crippen LogP contribution >= 0.6 is 11.8 Å². The van der Waals surface area contributed by atoms with E-state index in [1.807, 2.05) is 11.8 Å². The Balaban J connectivity index is 2.03. The van der Waals surface area contributed by atoms with Crippen molar-refractivity contribution in [1.29, 1.82) is 0 Å². The third-order valence-corrected chi connectivity index (χ3v) is 5.02. The third-order valence-electron chi connectivity index (χ3n) is 3.88. The normalized spacial score (nSPS) is 17.2. The Morgan fingerprint density at radius 1 is 1.33 bits per heavy atom. The molecular formula is C15H24N2S. The van der Waals surface area contributed by atoms with Crippen LogP contribution in [-0.2, 0) is 6.42 Å². The van der Waals surface area contributed by atoms with Crippen LogP contribution in [0.1, 0.15) is 24.0 Å². The quantitative estimate of drug-likeness (QED) is 0.907. The van der Waals surface area contributed by atoms with Gasteiger partial charge in [-0.15, -0.1) is 0 Å². The zero-order valence-electron chi connectivity index (χ0n) is 11.5. The number of hydrogen-bond donors (Lipinski definition) is 1. The molecule has 0 radical (unpaired) electrons. The van der Waals surface area contributed by atoms with Gasteiger partial charge >= 0.3 is 0 Å². The summed E-state index contributed by atoms with van der Waals surface area (Å²) >= 11 is 2.01. The second-order valence-corrected chi connectivity index (χ2v) is 6.21. The van der Waals surface area contributed by atoms with Gasteiger partial charge in [0, 0.05) is 24.0 Å². The summed E-state index contributed by atoms with van der Waals surface area (Å²) in [5, 5.41) is 0.860. The molecule has 0 bridgehead atoms. The molecule has 2 N–H and O–H groups in total. The van der Waals surface area contributed by atoms with E-state index in [2.05, 4.69) is 36.3 Å². The molecular weight excluding hydrogens is 240 g/mol. The van der Waals surface area contributed by atoms with Crippen molar-refractivity contribution in [2.45, 2.75) is 31.4 Å². The molecule has 1 aromatic carbocycles. The van der Waals surface area contributed by atoms with Crippen molar-refractivity contribution in [1.82, 2.24) is 0 Å². The van der Waals surface area contributed by atoms with Crippen LogP contribution in [0.4, 0.5) is 5.69 Å². The average molecular weight is 264 g/mol. The molecule has 0 unspecified atom stereocenters. The van der Waals surface area contributed by atoms with Gasteiger partial charge in [0.1, 0.15) is 0 Å². The second-order valence-electron chi connectivity index (χ2n) is 5.07. The van der Waals surface area contributed by atoms with Crippen molar-refractivity contribution in [3.63, 3.8) is 0 Å². The lowest BCUT2D eigenvalue weighted by atomic mass is 10.0. The van der Waals surface area contributed by atoms with Crippen molar-refractivity contribution < 1.29 is 0 Å². The largest absolute Gasteiger partial charge is 0.371 e. The molecule has 0 amide bonds. The van der Waals surface area contributed by atoms with E-state index in [4.69, 9.17) is 5.73 Å². The van der Waals surface area contributed by atoms with Gasteiger partial charge in [-0.3, -0.25) is 0 Å². The molecule has 0 saturated carbocycles. The fourth-order valence-electron chi connectivity index (χ4n) is 2.66. The van der Waals surface area contributed by atoms with Crippen molar-refractivity contribution in [3.8, 4) is 0 Å². The van der Waals surface area contributed by atoms with Crippen LogP contribution in [0.25, 0.3) is 0 Å². The SMILES string of the molecule is CSC1CCN(c2ccc(CCN)c(C)c2)CC1. The zero-order chi connectivity index (χ0) is 13.0. The molecule has 1 aliphatic rings. The van der Waals surface area contributed by atoms with Gasteiger partial charge in [0.2, 0.25) is 0 Å². The Morgan fingerprint density at radius 3 is 2.61 bits per heavy atom. The predicted molar refractivity (Wildman–Crippen MR) is 82.7 cm³/mol. The van der Waals surface area contributed by atoms with Crippen LogP contribution in [0.2, 0.25) is 0 Å². The molecule has 1 aliphatic heterocycles. The second kappa shape index (κ2) is 6.48. The van der Waals surface area contributed by atoms with E-state index in [9.17, 15) is 0 Å². The first-order valence-electron chi connectivity index (χ1n) is 6.82. The predicted octanol–water partition coefficient (Wildman–Crippen LogP) is 2.83. The van der Waals surface area contributed by atoms with Gasteiger partial charge in [0.05, 0.1) is 0 Å². The Kier molecular flexibility index (Phi) is 4.95. The highest BCUT2D eigenvalue weighted by Gasteiger charge is 2.18. The van der Waals surface area contributed by atoms with E-state index in [1.54, 1.807) is 0 Å². The summed E-state index contributed by atoms with van der Waals surface area (Å²) < 4.78 is 0. The highest BCUT2D eigenvalue weighted by molar-refractivity contribution is 7.99. The standard InChI is InChI=1S/C15H24N2S/c1-12-11-14(4-3-13(12)5-8-16)17-9-6-15(18-2)7-10-17/h3-4,11,15H,5-10,16H2,1-2H3. The lowest BCUT2D eigenvalue weighted by molar-refractivity contribution is 0.591. The van der Waals surface area contributed by atoms with Crippen LogP contribution in [0.15, 0.2) is 18.2 Å². The van der Waals surface area contributed by atoms with Gasteiger partial charge in [0.15, 0.2) is 0 Å². The molecule has 100 valence electrons. The number of rotatable bonds is 4. The van der Waals surface area contributed by atoms with Gasteiger partial charge < -0.3 is 10.6 Å². The van der Waals surface area contributed by atoms with Crippen molar-refractivity contribution >= 4 is 17.4 Å².